The second kappa shape index (κ2) is 6.67. The molecule has 116 valence electrons. The van der Waals surface area contributed by atoms with E-state index in [1.54, 1.807) is 18.2 Å². The van der Waals surface area contributed by atoms with Crippen LogP contribution in [0.1, 0.15) is 49.9 Å². The molecule has 3 N–H and O–H groups in total. The van der Waals surface area contributed by atoms with Gasteiger partial charge in [0.15, 0.2) is 0 Å². The standard InChI is InChI=1S/C16H23ClN2O2/c1-3-16(4-2)10-11(8-9-21-16)19-15(20)12-6-5-7-13(17)14(12)18/h5-7,11H,3-4,8-10,18H2,1-2H3,(H,19,20). The minimum atomic E-state index is -0.164. The van der Waals surface area contributed by atoms with Crippen molar-refractivity contribution < 1.29 is 9.53 Å². The molecule has 1 unspecified atom stereocenters. The molecule has 1 heterocycles. The number of carbonyl (C=O) groups excluding carboxylic acids is 1. The molecule has 2 rings (SSSR count). The Morgan fingerprint density at radius 2 is 2.19 bits per heavy atom. The van der Waals surface area contributed by atoms with Crippen LogP contribution in [-0.2, 0) is 4.74 Å². The van der Waals surface area contributed by atoms with Gasteiger partial charge >= 0.3 is 0 Å². The Bertz CT molecular complexity index is 515. The number of para-hydroxylation sites is 1. The third-order valence-electron chi connectivity index (χ3n) is 4.41. The summed E-state index contributed by atoms with van der Waals surface area (Å²) in [6, 6.07) is 5.23. The summed E-state index contributed by atoms with van der Waals surface area (Å²) < 4.78 is 5.93. The van der Waals surface area contributed by atoms with E-state index < -0.39 is 0 Å². The molecule has 0 radical (unpaired) electrons. The van der Waals surface area contributed by atoms with Crippen LogP contribution in [0.25, 0.3) is 0 Å². The van der Waals surface area contributed by atoms with Gasteiger partial charge in [0.05, 0.1) is 21.9 Å². The fraction of sp³-hybridized carbons (Fsp3) is 0.562. The molecule has 1 aromatic carbocycles. The van der Waals surface area contributed by atoms with Crippen LogP contribution < -0.4 is 11.1 Å². The van der Waals surface area contributed by atoms with Gasteiger partial charge in [-0.25, -0.2) is 0 Å². The van der Waals surface area contributed by atoms with Crippen LogP contribution in [0, 0.1) is 0 Å². The Morgan fingerprint density at radius 1 is 1.48 bits per heavy atom. The van der Waals surface area contributed by atoms with E-state index in [-0.39, 0.29) is 17.6 Å². The van der Waals surface area contributed by atoms with Gasteiger partial charge < -0.3 is 15.8 Å². The lowest BCUT2D eigenvalue weighted by atomic mass is 9.86. The van der Waals surface area contributed by atoms with Crippen molar-refractivity contribution in [3.63, 3.8) is 0 Å². The van der Waals surface area contributed by atoms with Gasteiger partial charge in [0.25, 0.3) is 5.91 Å². The minimum absolute atomic E-state index is 0.115. The first-order valence-electron chi connectivity index (χ1n) is 7.50. The maximum absolute atomic E-state index is 12.4. The van der Waals surface area contributed by atoms with Crippen molar-refractivity contribution in [2.45, 2.75) is 51.2 Å². The van der Waals surface area contributed by atoms with Crippen LogP contribution in [0.15, 0.2) is 18.2 Å². The fourth-order valence-corrected chi connectivity index (χ4v) is 3.07. The number of benzene rings is 1. The summed E-state index contributed by atoms with van der Waals surface area (Å²) in [5, 5.41) is 3.48. The third-order valence-corrected chi connectivity index (χ3v) is 4.74. The molecule has 0 bridgehead atoms. The number of rotatable bonds is 4. The van der Waals surface area contributed by atoms with E-state index in [4.69, 9.17) is 22.1 Å². The van der Waals surface area contributed by atoms with Crippen molar-refractivity contribution in [3.05, 3.63) is 28.8 Å². The Kier molecular flexibility index (Phi) is 5.12. The molecule has 1 fully saturated rings. The predicted octanol–water partition coefficient (Wildman–Crippen LogP) is 3.39. The highest BCUT2D eigenvalue weighted by molar-refractivity contribution is 6.33. The molecule has 1 saturated heterocycles. The topological polar surface area (TPSA) is 64.4 Å². The fourth-order valence-electron chi connectivity index (χ4n) is 2.89. The Hall–Kier alpha value is -1.26. The maximum Gasteiger partial charge on any atom is 0.253 e. The number of hydrogen-bond donors (Lipinski definition) is 2. The number of amides is 1. The van der Waals surface area contributed by atoms with Crippen molar-refractivity contribution in [3.8, 4) is 0 Å². The monoisotopic (exact) mass is 310 g/mol. The van der Waals surface area contributed by atoms with Crippen LogP contribution >= 0.6 is 11.6 Å². The predicted molar refractivity (Wildman–Crippen MR) is 85.6 cm³/mol. The van der Waals surface area contributed by atoms with Gasteiger partial charge in [0.1, 0.15) is 0 Å². The van der Waals surface area contributed by atoms with Gasteiger partial charge in [-0.2, -0.15) is 0 Å². The van der Waals surface area contributed by atoms with E-state index in [1.165, 1.54) is 0 Å². The summed E-state index contributed by atoms with van der Waals surface area (Å²) in [7, 11) is 0. The summed E-state index contributed by atoms with van der Waals surface area (Å²) in [6.45, 7) is 4.93. The van der Waals surface area contributed by atoms with Crippen LogP contribution in [-0.4, -0.2) is 24.2 Å². The lowest BCUT2D eigenvalue weighted by molar-refractivity contribution is -0.0917. The number of nitrogen functional groups attached to an aromatic ring is 1. The highest BCUT2D eigenvalue weighted by Crippen LogP contribution is 2.31. The van der Waals surface area contributed by atoms with Crippen molar-refractivity contribution in [1.82, 2.24) is 5.32 Å². The van der Waals surface area contributed by atoms with E-state index in [0.717, 1.165) is 25.7 Å². The van der Waals surface area contributed by atoms with Crippen LogP contribution in [0.4, 0.5) is 5.69 Å². The lowest BCUT2D eigenvalue weighted by Gasteiger charge is -2.40. The van der Waals surface area contributed by atoms with E-state index >= 15 is 0 Å². The summed E-state index contributed by atoms with van der Waals surface area (Å²) in [5.41, 5.74) is 6.53. The number of nitrogens with one attached hydrogen (secondary N) is 1. The zero-order valence-corrected chi connectivity index (χ0v) is 13.4. The molecule has 0 saturated carbocycles. The van der Waals surface area contributed by atoms with Gasteiger partial charge in [-0.1, -0.05) is 31.5 Å². The highest BCUT2D eigenvalue weighted by Gasteiger charge is 2.35. The lowest BCUT2D eigenvalue weighted by Crippen LogP contribution is -2.48. The van der Waals surface area contributed by atoms with Crippen molar-refractivity contribution in [2.24, 2.45) is 0 Å². The Balaban J connectivity index is 2.07. The highest BCUT2D eigenvalue weighted by atomic mass is 35.5. The van der Waals surface area contributed by atoms with Gasteiger partial charge in [0.2, 0.25) is 0 Å². The van der Waals surface area contributed by atoms with Gasteiger partial charge in [-0.05, 0) is 37.8 Å². The molecule has 0 aliphatic carbocycles. The molecule has 1 aliphatic heterocycles. The molecule has 1 atom stereocenters. The number of carbonyl (C=O) groups is 1. The Morgan fingerprint density at radius 3 is 2.86 bits per heavy atom. The largest absolute Gasteiger partial charge is 0.397 e. The summed E-state index contributed by atoms with van der Waals surface area (Å²) in [6.07, 6.45) is 3.57. The third kappa shape index (κ3) is 3.50. The van der Waals surface area contributed by atoms with E-state index in [2.05, 4.69) is 19.2 Å². The zero-order chi connectivity index (χ0) is 15.5. The first-order valence-corrected chi connectivity index (χ1v) is 7.88. The quantitative estimate of drug-likeness (QED) is 0.838. The molecule has 21 heavy (non-hydrogen) atoms. The second-order valence-corrected chi connectivity index (χ2v) is 6.01. The number of ether oxygens (including phenoxy) is 1. The molecule has 1 aliphatic rings. The molecular weight excluding hydrogens is 288 g/mol. The molecular formula is C16H23ClN2O2. The molecule has 0 aromatic heterocycles. The summed E-state index contributed by atoms with van der Waals surface area (Å²) in [4.78, 5) is 12.4. The normalized spacial score (nSPS) is 21.0. The minimum Gasteiger partial charge on any atom is -0.397 e. The average molecular weight is 311 g/mol. The smallest absolute Gasteiger partial charge is 0.253 e. The zero-order valence-electron chi connectivity index (χ0n) is 12.6. The van der Waals surface area contributed by atoms with Crippen LogP contribution in [0.3, 0.4) is 0 Å². The molecule has 5 heteroatoms. The summed E-state index contributed by atoms with van der Waals surface area (Å²) in [5.74, 6) is -0.164. The molecule has 4 nitrogen and oxygen atoms in total. The van der Waals surface area contributed by atoms with Gasteiger partial charge in [-0.15, -0.1) is 0 Å². The van der Waals surface area contributed by atoms with Crippen molar-refractivity contribution in [1.29, 1.82) is 0 Å². The Labute approximate surface area is 131 Å². The van der Waals surface area contributed by atoms with E-state index in [0.29, 0.717) is 22.9 Å². The molecule has 0 spiro atoms. The number of nitrogens with two attached hydrogens (primary N) is 1. The summed E-state index contributed by atoms with van der Waals surface area (Å²) >= 11 is 5.97. The van der Waals surface area contributed by atoms with E-state index in [9.17, 15) is 4.79 Å². The maximum atomic E-state index is 12.4. The second-order valence-electron chi connectivity index (χ2n) is 5.60. The van der Waals surface area contributed by atoms with Crippen molar-refractivity contribution >= 4 is 23.2 Å². The SMILES string of the molecule is CCC1(CC)CC(NC(=O)c2cccc(Cl)c2N)CCO1. The first kappa shape index (κ1) is 16.1. The van der Waals surface area contributed by atoms with Crippen LogP contribution in [0.2, 0.25) is 5.02 Å². The number of halogens is 1. The number of anilines is 1. The molecule has 1 amide bonds. The first-order chi connectivity index (χ1) is 10.0. The average Bonchev–Trinajstić information content (AvgIpc) is 2.50. The molecule has 1 aromatic rings. The van der Waals surface area contributed by atoms with Gasteiger partial charge in [-0.3, -0.25) is 4.79 Å². The van der Waals surface area contributed by atoms with Gasteiger partial charge in [0, 0.05) is 12.6 Å². The van der Waals surface area contributed by atoms with Crippen molar-refractivity contribution in [2.75, 3.05) is 12.3 Å². The number of hydrogen-bond acceptors (Lipinski definition) is 3. The van der Waals surface area contributed by atoms with E-state index in [1.807, 2.05) is 0 Å². The van der Waals surface area contributed by atoms with Crippen LogP contribution in [0.5, 0.6) is 0 Å².